The molecule has 0 amide bonds. The van der Waals surface area contributed by atoms with Crippen LogP contribution in [-0.2, 0) is 0 Å². The van der Waals surface area contributed by atoms with E-state index in [1.165, 1.54) is 14.2 Å². The number of ether oxygens (including phenoxy) is 2. The van der Waals surface area contributed by atoms with E-state index < -0.39 is 0 Å². The van der Waals surface area contributed by atoms with Gasteiger partial charge < -0.3 is 19.1 Å². The lowest BCUT2D eigenvalue weighted by Crippen LogP contribution is -2.24. The van der Waals surface area contributed by atoms with Crippen LogP contribution in [0.25, 0.3) is 0 Å². The third kappa shape index (κ3) is 0.854. The van der Waals surface area contributed by atoms with Crippen LogP contribution < -0.4 is 14.2 Å². The summed E-state index contributed by atoms with van der Waals surface area (Å²) >= 11 is 0. The van der Waals surface area contributed by atoms with Gasteiger partial charge >= 0.3 is 18.2 Å². The van der Waals surface area contributed by atoms with Gasteiger partial charge in [0.25, 0.3) is 0 Å². The van der Waals surface area contributed by atoms with Crippen molar-refractivity contribution in [2.75, 3.05) is 14.2 Å². The molecule has 10 heavy (non-hydrogen) atoms. The molecule has 0 saturated carbocycles. The molecule has 0 aliphatic carbocycles. The van der Waals surface area contributed by atoms with Crippen molar-refractivity contribution >= 4 is 0 Å². The van der Waals surface area contributed by atoms with Gasteiger partial charge in [-0.25, -0.2) is 0 Å². The normalized spacial score (nSPS) is 9.40. The quantitative estimate of drug-likeness (QED) is 0.431. The molecular weight excluding hydrogens is 138 g/mol. The van der Waals surface area contributed by atoms with Gasteiger partial charge in [0.15, 0.2) is 0 Å². The van der Waals surface area contributed by atoms with Crippen molar-refractivity contribution < 1.29 is 18.6 Å². The lowest BCUT2D eigenvalue weighted by atomic mass is 10.8. The molecule has 0 bridgehead atoms. The number of hydrogen-bond acceptors (Lipinski definition) is 4. The zero-order chi connectivity index (χ0) is 7.56. The summed E-state index contributed by atoms with van der Waals surface area (Å²) in [5.41, 5.74) is 0. The van der Waals surface area contributed by atoms with Crippen molar-refractivity contribution in [1.29, 1.82) is 0 Å². The first-order valence-electron chi connectivity index (χ1n) is 2.58. The average molecular weight is 145 g/mol. The number of aromatic nitrogens is 1. The number of methoxy groups -OCH3 is 2. The van der Waals surface area contributed by atoms with Crippen LogP contribution in [-0.4, -0.2) is 14.2 Å². The fraction of sp³-hybridized carbons (Fsp3) is 0.400. The molecule has 0 spiro atoms. The fourth-order valence-electron chi connectivity index (χ4n) is 0.593. The Morgan fingerprint density at radius 1 is 1.50 bits per heavy atom. The lowest BCUT2D eigenvalue weighted by molar-refractivity contribution is -0.615. The maximum atomic E-state index is 10.6. The highest BCUT2D eigenvalue weighted by Gasteiger charge is 2.18. The van der Waals surface area contributed by atoms with Crippen LogP contribution in [0.2, 0.25) is 0 Å². The molecule has 5 heteroatoms. The minimum atomic E-state index is 0.0301. The summed E-state index contributed by atoms with van der Waals surface area (Å²) in [4.78, 5) is 0. The second kappa shape index (κ2) is 2.47. The van der Waals surface area contributed by atoms with Gasteiger partial charge in [0.05, 0.1) is 14.2 Å². The van der Waals surface area contributed by atoms with E-state index in [0.29, 0.717) is 4.73 Å². The van der Waals surface area contributed by atoms with Gasteiger partial charge in [-0.2, -0.15) is 0 Å². The molecule has 1 heterocycles. The van der Waals surface area contributed by atoms with Gasteiger partial charge in [-0.1, -0.05) is 4.73 Å². The van der Waals surface area contributed by atoms with Gasteiger partial charge in [-0.15, -0.1) is 0 Å². The Hall–Kier alpha value is -1.39. The first kappa shape index (κ1) is 6.73. The summed E-state index contributed by atoms with van der Waals surface area (Å²) in [5, 5.41) is 10.6. The van der Waals surface area contributed by atoms with Crippen LogP contribution in [0.5, 0.6) is 11.8 Å². The van der Waals surface area contributed by atoms with E-state index in [9.17, 15) is 5.21 Å². The van der Waals surface area contributed by atoms with Gasteiger partial charge in [-0.3, -0.25) is 0 Å². The van der Waals surface area contributed by atoms with Crippen LogP contribution in [0.1, 0.15) is 0 Å². The Morgan fingerprint density at radius 3 is 2.60 bits per heavy atom. The second-order valence-electron chi connectivity index (χ2n) is 1.55. The summed E-state index contributed by atoms with van der Waals surface area (Å²) in [5.74, 6) is 0.111. The lowest BCUT2D eigenvalue weighted by Gasteiger charge is -1.94. The number of oxazole rings is 1. The largest absolute Gasteiger partial charge is 0.614 e. The molecule has 56 valence electrons. The second-order valence-corrected chi connectivity index (χ2v) is 1.55. The Morgan fingerprint density at radius 2 is 2.20 bits per heavy atom. The summed E-state index contributed by atoms with van der Waals surface area (Å²) in [7, 11) is 2.75. The van der Waals surface area contributed by atoms with Crippen molar-refractivity contribution in [3.8, 4) is 11.8 Å². The van der Waals surface area contributed by atoms with Crippen molar-refractivity contribution in [3.05, 3.63) is 11.6 Å². The Balaban J connectivity index is 3.01. The highest BCUT2D eigenvalue weighted by molar-refractivity contribution is 5.14. The molecule has 1 rings (SSSR count). The standard InChI is InChI=1S/C5H7NO4/c1-8-4-5(9-2)10-3-6(4)7/h3H,1-2H3. The third-order valence-corrected chi connectivity index (χ3v) is 1.01. The minimum Gasteiger partial charge on any atom is -0.614 e. The molecule has 0 aliphatic heterocycles. The van der Waals surface area contributed by atoms with Gasteiger partial charge in [0, 0.05) is 0 Å². The number of hydrogen-bond donors (Lipinski definition) is 0. The zero-order valence-corrected chi connectivity index (χ0v) is 5.66. The first-order chi connectivity index (χ1) is 4.79. The maximum absolute atomic E-state index is 10.6. The summed E-state index contributed by atoms with van der Waals surface area (Å²) in [6.45, 7) is 0. The highest BCUT2D eigenvalue weighted by atomic mass is 16.6. The Labute approximate surface area is 57.4 Å². The van der Waals surface area contributed by atoms with Crippen molar-refractivity contribution in [1.82, 2.24) is 0 Å². The third-order valence-electron chi connectivity index (χ3n) is 1.01. The number of rotatable bonds is 2. The number of nitrogens with zero attached hydrogens (tertiary/aromatic N) is 1. The van der Waals surface area contributed by atoms with Gasteiger partial charge in [0.1, 0.15) is 0 Å². The molecule has 0 radical (unpaired) electrons. The van der Waals surface area contributed by atoms with E-state index in [4.69, 9.17) is 0 Å². The van der Waals surface area contributed by atoms with E-state index >= 15 is 0 Å². The summed E-state index contributed by atoms with van der Waals surface area (Å²) in [6, 6.07) is 0. The molecule has 5 nitrogen and oxygen atoms in total. The van der Waals surface area contributed by atoms with Crippen LogP contribution in [0.15, 0.2) is 10.8 Å². The molecular formula is C5H7NO4. The van der Waals surface area contributed by atoms with Crippen LogP contribution in [0.3, 0.4) is 0 Å². The van der Waals surface area contributed by atoms with Gasteiger partial charge in [0.2, 0.25) is 0 Å². The molecule has 0 aliphatic rings. The minimum absolute atomic E-state index is 0.0301. The van der Waals surface area contributed by atoms with E-state index in [1.54, 1.807) is 0 Å². The van der Waals surface area contributed by atoms with Crippen LogP contribution in [0, 0.1) is 5.21 Å². The fourth-order valence-corrected chi connectivity index (χ4v) is 0.593. The molecule has 0 N–H and O–H groups in total. The topological polar surface area (TPSA) is 58.5 Å². The van der Waals surface area contributed by atoms with E-state index in [2.05, 4.69) is 13.9 Å². The van der Waals surface area contributed by atoms with Crippen molar-refractivity contribution in [2.24, 2.45) is 0 Å². The van der Waals surface area contributed by atoms with Crippen molar-refractivity contribution in [3.63, 3.8) is 0 Å². The van der Waals surface area contributed by atoms with E-state index in [1.807, 2.05) is 0 Å². The molecule has 0 atom stereocenters. The molecule has 1 aromatic rings. The molecule has 0 saturated heterocycles. The summed E-state index contributed by atoms with van der Waals surface area (Å²) in [6.07, 6.45) is 0.956. The van der Waals surface area contributed by atoms with Gasteiger partial charge in [-0.05, 0) is 0 Å². The Bertz CT molecular complexity index is 219. The predicted molar refractivity (Wildman–Crippen MR) is 30.8 cm³/mol. The van der Waals surface area contributed by atoms with Crippen LogP contribution in [0.4, 0.5) is 0 Å². The first-order valence-corrected chi connectivity index (χ1v) is 2.58. The highest BCUT2D eigenvalue weighted by Crippen LogP contribution is 2.21. The molecule has 0 aromatic carbocycles. The maximum Gasteiger partial charge on any atom is 0.466 e. The molecule has 0 unspecified atom stereocenters. The summed E-state index contributed by atoms with van der Waals surface area (Å²) < 4.78 is 14.4. The smallest absolute Gasteiger partial charge is 0.466 e. The van der Waals surface area contributed by atoms with Crippen LogP contribution >= 0.6 is 0 Å². The molecule has 1 aromatic heterocycles. The van der Waals surface area contributed by atoms with E-state index in [0.717, 1.165) is 6.39 Å². The van der Waals surface area contributed by atoms with E-state index in [-0.39, 0.29) is 11.8 Å². The van der Waals surface area contributed by atoms with Crippen molar-refractivity contribution in [2.45, 2.75) is 0 Å². The average Bonchev–Trinajstić information content (AvgIpc) is 2.30. The molecule has 0 fully saturated rings. The SMILES string of the molecule is COc1oc[n+]([O-])c1OC. The predicted octanol–water partition coefficient (Wildman–Crippen LogP) is -0.0698. The monoisotopic (exact) mass is 145 g/mol. The Kier molecular flexibility index (Phi) is 1.66. The zero-order valence-electron chi connectivity index (χ0n) is 5.66.